The molecule has 0 saturated heterocycles. The van der Waals surface area contributed by atoms with Gasteiger partial charge in [-0.25, -0.2) is 21.1 Å². The second-order valence-corrected chi connectivity index (χ2v) is 8.26. The van der Waals surface area contributed by atoms with E-state index in [2.05, 4.69) is 0 Å². The predicted molar refractivity (Wildman–Crippen MR) is 65.8 cm³/mol. The first-order valence-corrected chi connectivity index (χ1v) is 8.71. The van der Waals surface area contributed by atoms with Crippen molar-refractivity contribution >= 4 is 29.8 Å². The van der Waals surface area contributed by atoms with Crippen molar-refractivity contribution in [3.05, 3.63) is 29.8 Å². The van der Waals surface area contributed by atoms with Gasteiger partial charge in [0.25, 0.3) is 9.05 Å². The fraction of sp³-hybridized carbons (Fsp3) is 0.333. The van der Waals surface area contributed by atoms with Crippen LogP contribution in [0, 0.1) is 0 Å². The third kappa shape index (κ3) is 4.27. The van der Waals surface area contributed by atoms with Crippen molar-refractivity contribution in [2.75, 3.05) is 13.3 Å². The Morgan fingerprint density at radius 3 is 1.94 bits per heavy atom. The van der Waals surface area contributed by atoms with Crippen LogP contribution >= 0.6 is 10.7 Å². The van der Waals surface area contributed by atoms with E-state index in [1.807, 2.05) is 0 Å². The normalized spacial score (nSPS) is 12.9. The molecule has 1 rings (SSSR count). The average molecular weight is 298 g/mol. The first-order valence-electron chi connectivity index (χ1n) is 4.55. The Morgan fingerprint density at radius 1 is 1.12 bits per heavy atom. The van der Waals surface area contributed by atoms with Crippen LogP contribution in [0.1, 0.15) is 5.56 Å². The minimum Gasteiger partial charge on any atom is -0.213 e. The molecule has 0 fully saturated rings. The predicted octanol–water partition coefficient (Wildman–Crippen LogP) is 1.01. The molecule has 0 aromatic heterocycles. The van der Waals surface area contributed by atoms with Gasteiger partial charge in [0.1, 0.15) is 0 Å². The van der Waals surface area contributed by atoms with Gasteiger partial charge in [0.15, 0.2) is 0 Å². The van der Waals surface area contributed by atoms with Crippen LogP contribution in [-0.4, -0.2) is 34.4 Å². The van der Waals surface area contributed by atoms with Gasteiger partial charge in [-0.2, -0.15) is 0 Å². The zero-order valence-corrected chi connectivity index (χ0v) is 11.7. The van der Waals surface area contributed by atoms with Crippen molar-refractivity contribution in [1.29, 1.82) is 0 Å². The van der Waals surface area contributed by atoms with E-state index >= 15 is 0 Å². The lowest BCUT2D eigenvalue weighted by atomic mass is 10.2. The highest BCUT2D eigenvalue weighted by molar-refractivity contribution is 8.13. The highest BCUT2D eigenvalue weighted by Crippen LogP contribution is 2.16. The zero-order valence-electron chi connectivity index (χ0n) is 9.29. The van der Waals surface area contributed by atoms with E-state index in [4.69, 9.17) is 10.7 Å². The van der Waals surface area contributed by atoms with E-state index in [0.29, 0.717) is 5.56 Å². The molecule has 0 aliphatic rings. The molecule has 0 amide bonds. The largest absolute Gasteiger partial charge is 0.261 e. The third-order valence-corrected chi connectivity index (χ3v) is 4.81. The van der Waals surface area contributed by atoms with Crippen molar-refractivity contribution in [1.82, 2.24) is 4.31 Å². The number of hydrogen-bond acceptors (Lipinski definition) is 4. The van der Waals surface area contributed by atoms with Crippen LogP contribution in [0.25, 0.3) is 0 Å². The minimum atomic E-state index is -3.74. The maximum Gasteiger partial charge on any atom is 0.261 e. The van der Waals surface area contributed by atoms with Gasteiger partial charge in [0.2, 0.25) is 10.0 Å². The van der Waals surface area contributed by atoms with E-state index in [-0.39, 0.29) is 11.4 Å². The highest BCUT2D eigenvalue weighted by Gasteiger charge is 2.13. The molecule has 0 aliphatic carbocycles. The van der Waals surface area contributed by atoms with Crippen molar-refractivity contribution < 1.29 is 16.8 Å². The van der Waals surface area contributed by atoms with Crippen LogP contribution in [0.3, 0.4) is 0 Å². The van der Waals surface area contributed by atoms with Crippen LogP contribution in [0.5, 0.6) is 0 Å². The van der Waals surface area contributed by atoms with E-state index in [1.165, 1.54) is 31.3 Å². The summed E-state index contributed by atoms with van der Waals surface area (Å²) < 4.78 is 45.5. The van der Waals surface area contributed by atoms with Crippen LogP contribution in [0.15, 0.2) is 29.2 Å². The molecule has 1 aromatic rings. The van der Waals surface area contributed by atoms with Crippen molar-refractivity contribution in [3.63, 3.8) is 0 Å². The fourth-order valence-corrected chi connectivity index (χ4v) is 2.29. The lowest BCUT2D eigenvalue weighted by Gasteiger charge is -2.13. The minimum absolute atomic E-state index is 0.00933. The summed E-state index contributed by atoms with van der Waals surface area (Å²) in [7, 11) is -0.386. The SMILES string of the molecule is CN(Cc1ccc(S(=O)(=O)Cl)cc1)S(C)(=O)=O. The molecule has 8 heteroatoms. The molecule has 0 saturated carbocycles. The molecule has 5 nitrogen and oxygen atoms in total. The van der Waals surface area contributed by atoms with Gasteiger partial charge in [-0.1, -0.05) is 12.1 Å². The Balaban J connectivity index is 2.91. The lowest BCUT2D eigenvalue weighted by Crippen LogP contribution is -2.24. The van der Waals surface area contributed by atoms with E-state index < -0.39 is 19.1 Å². The number of halogens is 1. The Kier molecular flexibility index (Phi) is 4.19. The summed E-state index contributed by atoms with van der Waals surface area (Å²) in [4.78, 5) is -0.00933. The van der Waals surface area contributed by atoms with Gasteiger partial charge in [0.05, 0.1) is 11.2 Å². The summed E-state index contributed by atoms with van der Waals surface area (Å²) in [6.07, 6.45) is 1.10. The zero-order chi connectivity index (χ0) is 13.3. The summed E-state index contributed by atoms with van der Waals surface area (Å²) in [5, 5.41) is 0. The molecule has 0 bridgehead atoms. The fourth-order valence-electron chi connectivity index (χ4n) is 1.13. The summed E-state index contributed by atoms with van der Waals surface area (Å²) in [5.41, 5.74) is 0.682. The quantitative estimate of drug-likeness (QED) is 0.778. The topological polar surface area (TPSA) is 71.5 Å². The Hall–Kier alpha value is -0.630. The maximum absolute atomic E-state index is 11.2. The van der Waals surface area contributed by atoms with E-state index in [1.54, 1.807) is 0 Å². The smallest absolute Gasteiger partial charge is 0.213 e. The van der Waals surface area contributed by atoms with Crippen LogP contribution in [0.4, 0.5) is 0 Å². The first kappa shape index (κ1) is 14.4. The number of sulfonamides is 1. The molecule has 17 heavy (non-hydrogen) atoms. The van der Waals surface area contributed by atoms with Gasteiger partial charge >= 0.3 is 0 Å². The Morgan fingerprint density at radius 2 is 1.59 bits per heavy atom. The average Bonchev–Trinajstić information content (AvgIpc) is 2.15. The second-order valence-electron chi connectivity index (χ2n) is 3.60. The van der Waals surface area contributed by atoms with E-state index in [0.717, 1.165) is 10.6 Å². The molecular weight excluding hydrogens is 286 g/mol. The summed E-state index contributed by atoms with van der Waals surface area (Å²) in [6, 6.07) is 5.73. The van der Waals surface area contributed by atoms with Crippen LogP contribution in [0.2, 0.25) is 0 Å². The molecule has 0 heterocycles. The standard InChI is InChI=1S/C9H12ClNO4S2/c1-11(16(2,12)13)7-8-3-5-9(6-4-8)17(10,14)15/h3-6H,7H2,1-2H3. The van der Waals surface area contributed by atoms with Crippen LogP contribution in [-0.2, 0) is 25.6 Å². The summed E-state index contributed by atoms with van der Waals surface area (Å²) >= 11 is 0. The molecule has 1 aromatic carbocycles. The molecule has 0 spiro atoms. The number of hydrogen-bond donors (Lipinski definition) is 0. The molecule has 96 valence electrons. The molecule has 0 N–H and O–H groups in total. The molecule has 0 unspecified atom stereocenters. The van der Waals surface area contributed by atoms with E-state index in [9.17, 15) is 16.8 Å². The lowest BCUT2D eigenvalue weighted by molar-refractivity contribution is 0.472. The first-order chi connectivity index (χ1) is 7.60. The van der Waals surface area contributed by atoms with Gasteiger partial charge in [-0.3, -0.25) is 0 Å². The summed E-state index contributed by atoms with van der Waals surface area (Å²) in [6.45, 7) is 0.182. The monoisotopic (exact) mass is 297 g/mol. The highest BCUT2D eigenvalue weighted by atomic mass is 35.7. The Labute approximate surface area is 105 Å². The Bertz CT molecular complexity index is 592. The number of nitrogens with zero attached hydrogens (tertiary/aromatic N) is 1. The van der Waals surface area contributed by atoms with Gasteiger partial charge in [-0.05, 0) is 17.7 Å². The van der Waals surface area contributed by atoms with Gasteiger partial charge in [0, 0.05) is 24.3 Å². The second kappa shape index (κ2) is 4.93. The maximum atomic E-state index is 11.2. The number of benzene rings is 1. The molecule has 0 aliphatic heterocycles. The molecule has 0 radical (unpaired) electrons. The van der Waals surface area contributed by atoms with Crippen molar-refractivity contribution in [2.24, 2.45) is 0 Å². The van der Waals surface area contributed by atoms with Crippen LogP contribution < -0.4 is 0 Å². The van der Waals surface area contributed by atoms with Crippen molar-refractivity contribution in [3.8, 4) is 0 Å². The summed E-state index contributed by atoms with van der Waals surface area (Å²) in [5.74, 6) is 0. The van der Waals surface area contributed by atoms with Gasteiger partial charge in [-0.15, -0.1) is 0 Å². The number of rotatable bonds is 4. The molecular formula is C9H12ClNO4S2. The van der Waals surface area contributed by atoms with Crippen molar-refractivity contribution in [2.45, 2.75) is 11.4 Å². The molecule has 0 atom stereocenters. The third-order valence-electron chi connectivity index (χ3n) is 2.18. The van der Waals surface area contributed by atoms with Gasteiger partial charge < -0.3 is 0 Å².